The average molecular weight is 247 g/mol. The summed E-state index contributed by atoms with van der Waals surface area (Å²) < 4.78 is 2.83. The van der Waals surface area contributed by atoms with E-state index in [0.717, 1.165) is 6.04 Å². The summed E-state index contributed by atoms with van der Waals surface area (Å²) in [6.07, 6.45) is 5.69. The predicted octanol–water partition coefficient (Wildman–Crippen LogP) is 2.44. The Labute approximate surface area is 108 Å². The van der Waals surface area contributed by atoms with Crippen LogP contribution in [0, 0.1) is 0 Å². The molecule has 0 unspecified atom stereocenters. The van der Waals surface area contributed by atoms with Crippen molar-refractivity contribution in [1.29, 1.82) is 0 Å². The summed E-state index contributed by atoms with van der Waals surface area (Å²) in [5, 5.41) is 1.58. The van der Waals surface area contributed by atoms with Gasteiger partial charge in [0.15, 0.2) is 0 Å². The lowest BCUT2D eigenvalue weighted by Crippen LogP contribution is -2.52. The molecular weight excluding hydrogens is 222 g/mol. The van der Waals surface area contributed by atoms with Gasteiger partial charge < -0.3 is 4.57 Å². The molecule has 1 saturated carbocycles. The van der Waals surface area contributed by atoms with Gasteiger partial charge in [-0.25, -0.2) is 0 Å². The highest BCUT2D eigenvalue weighted by Crippen LogP contribution is 2.28. The maximum atomic E-state index is 2.83. The average Bonchev–Trinajstić information content (AvgIpc) is 2.79. The third-order valence-corrected chi connectivity index (χ3v) is 6.47. The van der Waals surface area contributed by atoms with Gasteiger partial charge in [0.25, 0.3) is 0 Å². The van der Waals surface area contributed by atoms with Crippen LogP contribution >= 0.6 is 0 Å². The number of hydrogen-bond acceptors (Lipinski definition) is 1. The molecule has 94 valence electrons. The van der Waals surface area contributed by atoms with Crippen molar-refractivity contribution >= 4 is 14.9 Å². The first kappa shape index (κ1) is 12.8. The van der Waals surface area contributed by atoms with Crippen molar-refractivity contribution in [2.75, 3.05) is 0 Å². The first-order chi connectivity index (χ1) is 8.07. The van der Waals surface area contributed by atoms with Crippen LogP contribution in [0.5, 0.6) is 0 Å². The van der Waals surface area contributed by atoms with Crippen molar-refractivity contribution in [2.45, 2.75) is 58.0 Å². The molecule has 2 rings (SSSR count). The Morgan fingerprint density at radius 3 is 2.18 bits per heavy atom. The molecule has 0 aromatic heterocycles. The van der Waals surface area contributed by atoms with Gasteiger partial charge in [0.1, 0.15) is 9.68 Å². The molecule has 0 heterocycles. The van der Waals surface area contributed by atoms with Crippen LogP contribution in [0.2, 0.25) is 0 Å². The van der Waals surface area contributed by atoms with Gasteiger partial charge in [-0.2, -0.15) is 0 Å². The molecule has 0 radical (unpaired) electrons. The second kappa shape index (κ2) is 5.36. The summed E-state index contributed by atoms with van der Waals surface area (Å²) in [6.45, 7) is 7.13. The summed E-state index contributed by atoms with van der Waals surface area (Å²) in [6, 6.07) is 11.9. The molecule has 2 heteroatoms. The quantitative estimate of drug-likeness (QED) is 0.742. The first-order valence-electron chi connectivity index (χ1n) is 6.88. The van der Waals surface area contributed by atoms with Crippen molar-refractivity contribution in [3.05, 3.63) is 30.3 Å². The molecule has 1 nitrogen and oxygen atoms in total. The Morgan fingerprint density at radius 2 is 1.65 bits per heavy atom. The maximum absolute atomic E-state index is 2.83. The summed E-state index contributed by atoms with van der Waals surface area (Å²) in [4.78, 5) is 0. The van der Waals surface area contributed by atoms with Gasteiger partial charge in [-0.1, -0.05) is 43.2 Å². The standard InChI is InChI=1S/C15H25NSi/c1-15(2,3)16(13-9-7-8-10-13)17-14-11-5-4-6-12-14/h4-6,11-13H,7-10,17H2,1-3H3. The highest BCUT2D eigenvalue weighted by Gasteiger charge is 2.30. The van der Waals surface area contributed by atoms with Crippen molar-refractivity contribution in [3.63, 3.8) is 0 Å². The van der Waals surface area contributed by atoms with E-state index in [9.17, 15) is 0 Å². The second-order valence-corrected chi connectivity index (χ2v) is 8.04. The Balaban J connectivity index is 2.11. The van der Waals surface area contributed by atoms with Gasteiger partial charge in [0.05, 0.1) is 0 Å². The molecule has 1 aliphatic carbocycles. The Morgan fingerprint density at radius 1 is 1.06 bits per heavy atom. The van der Waals surface area contributed by atoms with Crippen LogP contribution in [-0.4, -0.2) is 25.8 Å². The largest absolute Gasteiger partial charge is 0.318 e. The molecule has 1 aromatic rings. The SMILES string of the molecule is CC(C)(C)N([SiH2]c1ccccc1)C1CCCC1. The molecule has 1 fully saturated rings. The molecule has 0 bridgehead atoms. The molecule has 0 N–H and O–H groups in total. The van der Waals surface area contributed by atoms with Crippen LogP contribution < -0.4 is 5.19 Å². The lowest BCUT2D eigenvalue weighted by atomic mass is 10.1. The van der Waals surface area contributed by atoms with Crippen LogP contribution in [0.25, 0.3) is 0 Å². The first-order valence-corrected chi connectivity index (χ1v) is 8.22. The van der Waals surface area contributed by atoms with Crippen molar-refractivity contribution in [2.24, 2.45) is 0 Å². The van der Waals surface area contributed by atoms with Crippen LogP contribution in [0.1, 0.15) is 46.5 Å². The fourth-order valence-corrected chi connectivity index (χ4v) is 4.88. The molecule has 1 aliphatic rings. The van der Waals surface area contributed by atoms with E-state index in [1.165, 1.54) is 25.7 Å². The topological polar surface area (TPSA) is 3.24 Å². The number of rotatable bonds is 3. The molecule has 0 saturated heterocycles. The van der Waals surface area contributed by atoms with E-state index in [2.05, 4.69) is 55.7 Å². The predicted molar refractivity (Wildman–Crippen MR) is 78.5 cm³/mol. The number of benzene rings is 1. The molecule has 1 aromatic carbocycles. The van der Waals surface area contributed by atoms with E-state index >= 15 is 0 Å². The van der Waals surface area contributed by atoms with E-state index in [4.69, 9.17) is 0 Å². The van der Waals surface area contributed by atoms with Crippen molar-refractivity contribution < 1.29 is 0 Å². The van der Waals surface area contributed by atoms with Gasteiger partial charge in [-0.05, 0) is 38.8 Å². The van der Waals surface area contributed by atoms with Gasteiger partial charge >= 0.3 is 0 Å². The number of hydrogen-bond donors (Lipinski definition) is 0. The third-order valence-electron chi connectivity index (χ3n) is 3.82. The van der Waals surface area contributed by atoms with Gasteiger partial charge in [0, 0.05) is 11.6 Å². The Hall–Kier alpha value is -0.603. The van der Waals surface area contributed by atoms with E-state index < -0.39 is 0 Å². The fourth-order valence-electron chi connectivity index (χ4n) is 2.91. The minimum absolute atomic E-state index is 0.298. The zero-order chi connectivity index (χ0) is 12.3. The zero-order valence-electron chi connectivity index (χ0n) is 11.4. The van der Waals surface area contributed by atoms with Gasteiger partial charge in [-0.3, -0.25) is 0 Å². The van der Waals surface area contributed by atoms with E-state index in [-0.39, 0.29) is 9.68 Å². The Kier molecular flexibility index (Phi) is 4.05. The fraction of sp³-hybridized carbons (Fsp3) is 0.600. The Bertz CT molecular complexity index is 336. The molecule has 0 aliphatic heterocycles. The molecule has 0 atom stereocenters. The van der Waals surface area contributed by atoms with E-state index in [1.54, 1.807) is 5.19 Å². The molecular formula is C15H25NSi. The third kappa shape index (κ3) is 3.43. The molecule has 0 amide bonds. The number of nitrogens with zero attached hydrogens (tertiary/aromatic N) is 1. The smallest absolute Gasteiger partial charge is 0.128 e. The van der Waals surface area contributed by atoms with Crippen molar-refractivity contribution in [3.8, 4) is 0 Å². The highest BCUT2D eigenvalue weighted by atomic mass is 28.2. The van der Waals surface area contributed by atoms with Crippen LogP contribution in [-0.2, 0) is 0 Å². The monoisotopic (exact) mass is 247 g/mol. The highest BCUT2D eigenvalue weighted by molar-refractivity contribution is 6.50. The summed E-state index contributed by atoms with van der Waals surface area (Å²) in [7, 11) is -0.298. The minimum Gasteiger partial charge on any atom is -0.318 e. The molecule has 0 spiro atoms. The van der Waals surface area contributed by atoms with Crippen LogP contribution in [0.3, 0.4) is 0 Å². The van der Waals surface area contributed by atoms with Crippen LogP contribution in [0.4, 0.5) is 0 Å². The van der Waals surface area contributed by atoms with Gasteiger partial charge in [-0.15, -0.1) is 0 Å². The normalized spacial score (nSPS) is 18.6. The summed E-state index contributed by atoms with van der Waals surface area (Å²) >= 11 is 0. The zero-order valence-corrected chi connectivity index (χ0v) is 12.9. The van der Waals surface area contributed by atoms with Gasteiger partial charge in [0.2, 0.25) is 0 Å². The van der Waals surface area contributed by atoms with E-state index in [1.807, 2.05) is 0 Å². The maximum Gasteiger partial charge on any atom is 0.128 e. The van der Waals surface area contributed by atoms with E-state index in [0.29, 0.717) is 5.54 Å². The summed E-state index contributed by atoms with van der Waals surface area (Å²) in [5.74, 6) is 0. The minimum atomic E-state index is -0.298. The van der Waals surface area contributed by atoms with Crippen molar-refractivity contribution in [1.82, 2.24) is 4.57 Å². The van der Waals surface area contributed by atoms with Crippen LogP contribution in [0.15, 0.2) is 30.3 Å². The summed E-state index contributed by atoms with van der Waals surface area (Å²) in [5.41, 5.74) is 0.330. The lowest BCUT2D eigenvalue weighted by Gasteiger charge is -2.40. The lowest BCUT2D eigenvalue weighted by molar-refractivity contribution is 0.195. The molecule has 17 heavy (non-hydrogen) atoms. The second-order valence-electron chi connectivity index (χ2n) is 6.22.